The molecule has 0 aliphatic heterocycles. The molecule has 0 atom stereocenters. The summed E-state index contributed by atoms with van der Waals surface area (Å²) in [6, 6.07) is 1.72. The van der Waals surface area contributed by atoms with Crippen LogP contribution in [0.1, 0.15) is 0 Å². The monoisotopic (exact) mass is 290 g/mol. The summed E-state index contributed by atoms with van der Waals surface area (Å²) in [4.78, 5) is 0. The van der Waals surface area contributed by atoms with Gasteiger partial charge in [-0.15, -0.1) is 10.2 Å². The van der Waals surface area contributed by atoms with E-state index in [1.807, 2.05) is 0 Å². The summed E-state index contributed by atoms with van der Waals surface area (Å²) in [7, 11) is 0. The van der Waals surface area contributed by atoms with E-state index in [2.05, 4.69) is 15.4 Å². The molecule has 0 fully saturated rings. The van der Waals surface area contributed by atoms with Crippen LogP contribution in [0.5, 0.6) is 0 Å². The molecule has 0 saturated carbocycles. The van der Waals surface area contributed by atoms with Gasteiger partial charge in [0.2, 0.25) is 0 Å². The maximum Gasteiger partial charge on any atom is 0.0529 e. The molecule has 0 N–H and O–H groups in total. The van der Waals surface area contributed by atoms with Gasteiger partial charge in [-0.3, -0.25) is 0 Å². The molecule has 0 bridgehead atoms. The van der Waals surface area contributed by atoms with Crippen molar-refractivity contribution >= 4 is 26.2 Å². The molecule has 1 rings (SSSR count). The quantitative estimate of drug-likeness (QED) is 0.604. The Labute approximate surface area is 60.3 Å². The molecule has 3 nitrogen and oxygen atoms in total. The molecule has 0 saturated heterocycles. The Morgan fingerprint density at radius 1 is 1.00 bits per heavy atom. The second-order valence-electron chi connectivity index (χ2n) is 0.811. The summed E-state index contributed by atoms with van der Waals surface area (Å²) in [5, 5.41) is 10.1. The molecule has 0 amide bonds. The Hall–Kier alpha value is -0.107. The van der Waals surface area contributed by atoms with Crippen LogP contribution in [-0.2, 0) is 0 Å². The zero-order valence-corrected chi connectivity index (χ0v) is 7.00. The Bertz CT molecular complexity index is 82.1. The Morgan fingerprint density at radius 2 is 1.57 bits per heavy atom. The zero-order chi connectivity index (χ0) is 4.24. The minimum Gasteiger partial charge on any atom is -0.139 e. The number of rotatable bonds is 0. The smallest absolute Gasteiger partial charge is 0.0529 e. The van der Waals surface area contributed by atoms with E-state index in [4.69, 9.17) is 0 Å². The first-order chi connectivity index (χ1) is 3.00. The SMILES string of the molecule is [Bi].c1cnnnc1. The second kappa shape index (κ2) is 4.06. The molecule has 1 heterocycles. The van der Waals surface area contributed by atoms with E-state index in [9.17, 15) is 0 Å². The Morgan fingerprint density at radius 3 is 1.71 bits per heavy atom. The number of hydrogen-bond donors (Lipinski definition) is 0. The van der Waals surface area contributed by atoms with E-state index in [0.29, 0.717) is 0 Å². The summed E-state index contributed by atoms with van der Waals surface area (Å²) in [5.41, 5.74) is 0. The van der Waals surface area contributed by atoms with Gasteiger partial charge in [0.25, 0.3) is 0 Å². The zero-order valence-electron chi connectivity index (χ0n) is 3.52. The summed E-state index contributed by atoms with van der Waals surface area (Å²) in [6.45, 7) is 0. The van der Waals surface area contributed by atoms with E-state index >= 15 is 0 Å². The Balaban J connectivity index is 0.000000360. The van der Waals surface area contributed by atoms with Crippen LogP contribution >= 0.6 is 0 Å². The summed E-state index contributed by atoms with van der Waals surface area (Å²) < 4.78 is 0. The molecule has 4 heteroatoms. The van der Waals surface area contributed by atoms with Gasteiger partial charge >= 0.3 is 0 Å². The van der Waals surface area contributed by atoms with Crippen LogP contribution in [-0.4, -0.2) is 41.6 Å². The minimum atomic E-state index is 0. The molecule has 1 aromatic rings. The van der Waals surface area contributed by atoms with Crippen molar-refractivity contribution in [3.05, 3.63) is 18.5 Å². The van der Waals surface area contributed by atoms with Crippen LogP contribution in [0.3, 0.4) is 0 Å². The molecular weight excluding hydrogens is 287 g/mol. The van der Waals surface area contributed by atoms with Gasteiger partial charge in [0, 0.05) is 26.2 Å². The fourth-order valence-corrected chi connectivity index (χ4v) is 0.205. The molecule has 0 aliphatic rings. The van der Waals surface area contributed by atoms with Gasteiger partial charge in [-0.05, 0) is 11.3 Å². The average molecular weight is 290 g/mol. The second-order valence-corrected chi connectivity index (χ2v) is 0.811. The van der Waals surface area contributed by atoms with Gasteiger partial charge in [0.15, 0.2) is 0 Å². The van der Waals surface area contributed by atoms with Crippen molar-refractivity contribution in [3.8, 4) is 0 Å². The third kappa shape index (κ3) is 2.57. The van der Waals surface area contributed by atoms with E-state index in [1.54, 1.807) is 18.5 Å². The fourth-order valence-electron chi connectivity index (χ4n) is 0.205. The van der Waals surface area contributed by atoms with Crippen molar-refractivity contribution in [2.75, 3.05) is 0 Å². The standard InChI is InChI=1S/C3H3N3.Bi/c1-2-4-6-5-3-1;/h1-3H;. The fraction of sp³-hybridized carbons (Fsp3) is 0. The van der Waals surface area contributed by atoms with E-state index in [-0.39, 0.29) is 26.2 Å². The normalized spacial score (nSPS) is 6.86. The molecule has 0 aromatic carbocycles. The van der Waals surface area contributed by atoms with Crippen LogP contribution in [0.4, 0.5) is 0 Å². The third-order valence-electron chi connectivity index (χ3n) is 0.409. The minimum absolute atomic E-state index is 0. The topological polar surface area (TPSA) is 38.7 Å². The molecule has 0 aliphatic carbocycles. The van der Waals surface area contributed by atoms with Gasteiger partial charge in [-0.2, -0.15) is 0 Å². The van der Waals surface area contributed by atoms with Crippen molar-refractivity contribution in [2.24, 2.45) is 0 Å². The summed E-state index contributed by atoms with van der Waals surface area (Å²) >= 11 is 0. The van der Waals surface area contributed by atoms with Crippen LogP contribution in [0, 0.1) is 0 Å². The van der Waals surface area contributed by atoms with Crippen molar-refractivity contribution in [3.63, 3.8) is 0 Å². The maximum atomic E-state index is 3.42. The molecular formula is C3H3BiN3. The van der Waals surface area contributed by atoms with E-state index in [1.165, 1.54) is 0 Å². The van der Waals surface area contributed by atoms with Gasteiger partial charge in [0.05, 0.1) is 12.4 Å². The average Bonchev–Trinajstić information content (AvgIpc) is 1.72. The first kappa shape index (κ1) is 6.89. The molecule has 7 heavy (non-hydrogen) atoms. The maximum absolute atomic E-state index is 3.42. The summed E-state index contributed by atoms with van der Waals surface area (Å²) in [6.07, 6.45) is 3.15. The number of aromatic nitrogens is 3. The predicted molar refractivity (Wildman–Crippen MR) is 25.6 cm³/mol. The van der Waals surface area contributed by atoms with Crippen LogP contribution in [0.25, 0.3) is 0 Å². The Kier molecular flexibility index (Phi) is 4.00. The number of nitrogens with zero attached hydrogens (tertiary/aromatic N) is 3. The van der Waals surface area contributed by atoms with E-state index < -0.39 is 0 Å². The van der Waals surface area contributed by atoms with Crippen LogP contribution < -0.4 is 0 Å². The molecule has 1 aromatic heterocycles. The van der Waals surface area contributed by atoms with Gasteiger partial charge in [-0.25, -0.2) is 0 Å². The van der Waals surface area contributed by atoms with Gasteiger partial charge < -0.3 is 0 Å². The largest absolute Gasteiger partial charge is 0.139 e. The first-order valence-corrected chi connectivity index (χ1v) is 1.58. The molecule has 35 valence electrons. The molecule has 3 radical (unpaired) electrons. The van der Waals surface area contributed by atoms with Gasteiger partial charge in [-0.1, -0.05) is 0 Å². The molecule has 0 spiro atoms. The van der Waals surface area contributed by atoms with Crippen LogP contribution in [0.15, 0.2) is 18.5 Å². The summed E-state index contributed by atoms with van der Waals surface area (Å²) in [5.74, 6) is 0. The molecule has 0 unspecified atom stereocenters. The van der Waals surface area contributed by atoms with Crippen molar-refractivity contribution in [2.45, 2.75) is 0 Å². The van der Waals surface area contributed by atoms with Crippen molar-refractivity contribution < 1.29 is 0 Å². The first-order valence-electron chi connectivity index (χ1n) is 1.58. The van der Waals surface area contributed by atoms with Gasteiger partial charge in [0.1, 0.15) is 0 Å². The van der Waals surface area contributed by atoms with Crippen molar-refractivity contribution in [1.82, 2.24) is 15.4 Å². The number of hydrogen-bond acceptors (Lipinski definition) is 3. The predicted octanol–water partition coefficient (Wildman–Crippen LogP) is -0.509. The van der Waals surface area contributed by atoms with Crippen molar-refractivity contribution in [1.29, 1.82) is 0 Å². The van der Waals surface area contributed by atoms with Crippen LogP contribution in [0.2, 0.25) is 0 Å². The van der Waals surface area contributed by atoms with E-state index in [0.717, 1.165) is 0 Å². The third-order valence-corrected chi connectivity index (χ3v) is 0.409.